The minimum Gasteiger partial charge on any atom is -0.479 e. The number of hydrogen-bond acceptors (Lipinski definition) is 9. The molecule has 1 saturated carbocycles. The molecule has 1 aliphatic carbocycles. The third-order valence-corrected chi connectivity index (χ3v) is 8.99. The molecule has 0 bridgehead atoms. The molecule has 12 heteroatoms. The summed E-state index contributed by atoms with van der Waals surface area (Å²) in [6.45, 7) is 3.80. The Morgan fingerprint density at radius 3 is 2.10 bits per heavy atom. The number of phosphoric acid groups is 1. The van der Waals surface area contributed by atoms with Crippen LogP contribution < -0.4 is 10.5 Å². The zero-order chi connectivity index (χ0) is 30.0. The van der Waals surface area contributed by atoms with Crippen molar-refractivity contribution in [2.45, 2.75) is 122 Å². The Labute approximate surface area is 251 Å². The van der Waals surface area contributed by atoms with E-state index in [9.17, 15) is 9.46 Å². The summed E-state index contributed by atoms with van der Waals surface area (Å²) in [6, 6.07) is 0.151. The highest BCUT2D eigenvalue weighted by molar-refractivity contribution is 7.47. The van der Waals surface area contributed by atoms with Crippen molar-refractivity contribution in [1.82, 2.24) is 19.5 Å². The molecule has 1 aliphatic rings. The minimum absolute atomic E-state index is 0.124. The Balaban J connectivity index is 1.11. The maximum absolute atomic E-state index is 12.2. The zero-order valence-corrected chi connectivity index (χ0v) is 26.8. The van der Waals surface area contributed by atoms with Gasteiger partial charge in [0.2, 0.25) is 11.8 Å². The molecule has 240 valence electrons. The lowest BCUT2D eigenvalue weighted by atomic mass is 9.81. The Hall–Kier alpha value is -1.78. The normalized spacial score (nSPS) is 18.3. The standard InChI is InChI=1S/C30H54N5O6P/c1-3-4-5-6-7-8-9-10-11-12-13-14-15-16-18-39-19-17-20-40-42(36,37)41-23-25-21-26(22-25)35-24-32-27-28(35)33-30(31)34-29(27)38-2/h24-26H,3-23H2,1-2H3,(H,36,37)(H2,31,33,34)/t25-,26+. The minimum atomic E-state index is -4.08. The number of hydrogen-bond donors (Lipinski definition) is 2. The summed E-state index contributed by atoms with van der Waals surface area (Å²) in [5.41, 5.74) is 6.97. The molecule has 1 fully saturated rings. The summed E-state index contributed by atoms with van der Waals surface area (Å²) in [5.74, 6) is 0.610. The van der Waals surface area contributed by atoms with Crippen molar-refractivity contribution >= 4 is 24.9 Å². The first-order chi connectivity index (χ1) is 20.4. The van der Waals surface area contributed by atoms with Crippen LogP contribution in [-0.4, -0.2) is 57.9 Å². The Morgan fingerprint density at radius 2 is 1.48 bits per heavy atom. The van der Waals surface area contributed by atoms with Crippen molar-refractivity contribution < 1.29 is 28.0 Å². The van der Waals surface area contributed by atoms with Crippen molar-refractivity contribution in [3.63, 3.8) is 0 Å². The summed E-state index contributed by atoms with van der Waals surface area (Å²) >= 11 is 0. The summed E-state index contributed by atoms with van der Waals surface area (Å²) in [7, 11) is -2.57. The van der Waals surface area contributed by atoms with Gasteiger partial charge in [0.1, 0.15) is 0 Å². The second-order valence-electron chi connectivity index (χ2n) is 11.6. The van der Waals surface area contributed by atoms with Crippen LogP contribution in [0.25, 0.3) is 11.2 Å². The van der Waals surface area contributed by atoms with E-state index in [0.29, 0.717) is 30.1 Å². The van der Waals surface area contributed by atoms with E-state index in [-0.39, 0.29) is 31.1 Å². The second kappa shape index (κ2) is 19.5. The van der Waals surface area contributed by atoms with E-state index in [1.54, 1.807) is 6.33 Å². The lowest BCUT2D eigenvalue weighted by molar-refractivity contribution is 0.0757. The molecule has 1 atom stereocenters. The number of fused-ring (bicyclic) bond motifs is 1. The number of imidazole rings is 1. The van der Waals surface area contributed by atoms with Gasteiger partial charge in [0.25, 0.3) is 0 Å². The second-order valence-corrected chi connectivity index (χ2v) is 13.0. The van der Waals surface area contributed by atoms with Crippen LogP contribution in [-0.2, 0) is 18.3 Å². The number of rotatable bonds is 25. The number of phosphoric ester groups is 1. The fraction of sp³-hybridized carbons (Fsp3) is 0.833. The third-order valence-electron chi connectivity index (χ3n) is 8.01. The molecule has 2 aromatic heterocycles. The van der Waals surface area contributed by atoms with Crippen LogP contribution >= 0.6 is 7.82 Å². The maximum atomic E-state index is 12.2. The van der Waals surface area contributed by atoms with Gasteiger partial charge in [0.05, 0.1) is 26.7 Å². The summed E-state index contributed by atoms with van der Waals surface area (Å²) in [6.07, 6.45) is 22.5. The molecule has 0 spiro atoms. The number of ether oxygens (including phenoxy) is 2. The zero-order valence-electron chi connectivity index (χ0n) is 25.9. The monoisotopic (exact) mass is 611 g/mol. The van der Waals surface area contributed by atoms with Crippen LogP contribution in [0.5, 0.6) is 5.88 Å². The van der Waals surface area contributed by atoms with Gasteiger partial charge in [-0.1, -0.05) is 90.4 Å². The molecule has 2 aromatic rings. The van der Waals surface area contributed by atoms with Crippen molar-refractivity contribution in [1.29, 1.82) is 0 Å². The molecular weight excluding hydrogens is 557 g/mol. The van der Waals surface area contributed by atoms with Crippen molar-refractivity contribution in [2.75, 3.05) is 39.3 Å². The number of nitrogen functional groups attached to an aromatic ring is 1. The highest BCUT2D eigenvalue weighted by Gasteiger charge is 2.34. The van der Waals surface area contributed by atoms with Gasteiger partial charge in [-0.15, -0.1) is 0 Å². The lowest BCUT2D eigenvalue weighted by Crippen LogP contribution is -2.29. The van der Waals surface area contributed by atoms with Gasteiger partial charge in [0.15, 0.2) is 11.2 Å². The first-order valence-corrected chi connectivity index (χ1v) is 17.7. The van der Waals surface area contributed by atoms with Gasteiger partial charge in [-0.05, 0) is 31.6 Å². The van der Waals surface area contributed by atoms with E-state index in [1.165, 1.54) is 90.6 Å². The van der Waals surface area contributed by atoms with E-state index in [1.807, 2.05) is 4.57 Å². The SMILES string of the molecule is CCCCCCCCCCCCCCCCOCCCOP(=O)(O)OC[C@H]1C[C@@H](n2cnc3c(OC)nc(N)nc32)C1. The van der Waals surface area contributed by atoms with Crippen LogP contribution in [0.2, 0.25) is 0 Å². The van der Waals surface area contributed by atoms with Crippen LogP contribution in [0.3, 0.4) is 0 Å². The summed E-state index contributed by atoms with van der Waals surface area (Å²) < 4.78 is 35.4. The van der Waals surface area contributed by atoms with Crippen LogP contribution in [0.1, 0.15) is 122 Å². The molecule has 3 rings (SSSR count). The van der Waals surface area contributed by atoms with E-state index >= 15 is 0 Å². The molecule has 1 unspecified atom stereocenters. The number of anilines is 1. The van der Waals surface area contributed by atoms with E-state index in [0.717, 1.165) is 25.9 Å². The topological polar surface area (TPSA) is 144 Å². The average Bonchev–Trinajstić information content (AvgIpc) is 3.36. The number of unbranched alkanes of at least 4 members (excludes halogenated alkanes) is 13. The van der Waals surface area contributed by atoms with Gasteiger partial charge in [-0.25, -0.2) is 9.55 Å². The van der Waals surface area contributed by atoms with Gasteiger partial charge >= 0.3 is 7.82 Å². The predicted molar refractivity (Wildman–Crippen MR) is 166 cm³/mol. The lowest BCUT2D eigenvalue weighted by Gasteiger charge is -2.36. The molecular formula is C30H54N5O6P. The van der Waals surface area contributed by atoms with Crippen LogP contribution in [0, 0.1) is 5.92 Å². The fourth-order valence-electron chi connectivity index (χ4n) is 5.46. The van der Waals surface area contributed by atoms with E-state index in [2.05, 4.69) is 21.9 Å². The highest BCUT2D eigenvalue weighted by atomic mass is 31.2. The van der Waals surface area contributed by atoms with Crippen LogP contribution in [0.4, 0.5) is 5.95 Å². The molecule has 42 heavy (non-hydrogen) atoms. The molecule has 0 amide bonds. The van der Waals surface area contributed by atoms with Gasteiger partial charge in [0, 0.05) is 19.3 Å². The molecule has 0 radical (unpaired) electrons. The molecule has 0 aromatic carbocycles. The van der Waals surface area contributed by atoms with Gasteiger partial charge in [-0.3, -0.25) is 9.05 Å². The highest BCUT2D eigenvalue weighted by Crippen LogP contribution is 2.47. The van der Waals surface area contributed by atoms with Crippen LogP contribution in [0.15, 0.2) is 6.33 Å². The smallest absolute Gasteiger partial charge is 0.472 e. The number of methoxy groups -OCH3 is 1. The molecule has 11 nitrogen and oxygen atoms in total. The van der Waals surface area contributed by atoms with Gasteiger partial charge < -0.3 is 24.7 Å². The first kappa shape index (κ1) is 34.7. The van der Waals surface area contributed by atoms with E-state index in [4.69, 9.17) is 24.3 Å². The number of nitrogens with two attached hydrogens (primary N) is 1. The molecule has 0 saturated heterocycles. The number of aromatic nitrogens is 4. The Morgan fingerprint density at radius 1 is 0.881 bits per heavy atom. The Kier molecular flexibility index (Phi) is 16.1. The van der Waals surface area contributed by atoms with Crippen molar-refractivity contribution in [3.05, 3.63) is 6.33 Å². The molecule has 3 N–H and O–H groups in total. The van der Waals surface area contributed by atoms with E-state index < -0.39 is 7.82 Å². The average molecular weight is 612 g/mol. The fourth-order valence-corrected chi connectivity index (χ4v) is 6.29. The van der Waals surface area contributed by atoms with Crippen molar-refractivity contribution in [2.24, 2.45) is 5.92 Å². The Bertz CT molecular complexity index is 1060. The third kappa shape index (κ3) is 12.4. The largest absolute Gasteiger partial charge is 0.479 e. The number of nitrogens with zero attached hydrogens (tertiary/aromatic N) is 4. The molecule has 0 aliphatic heterocycles. The molecule has 2 heterocycles. The summed E-state index contributed by atoms with van der Waals surface area (Å²) in [5, 5.41) is 0. The first-order valence-electron chi connectivity index (χ1n) is 16.2. The maximum Gasteiger partial charge on any atom is 0.472 e. The quantitative estimate of drug-likeness (QED) is 0.0861. The predicted octanol–water partition coefficient (Wildman–Crippen LogP) is 7.39. The summed E-state index contributed by atoms with van der Waals surface area (Å²) in [4.78, 5) is 22.7. The van der Waals surface area contributed by atoms with Gasteiger partial charge in [-0.2, -0.15) is 9.97 Å². The van der Waals surface area contributed by atoms with Crippen molar-refractivity contribution in [3.8, 4) is 5.88 Å².